The van der Waals surface area contributed by atoms with Crippen molar-refractivity contribution in [2.45, 2.75) is 45.9 Å². The average Bonchev–Trinajstić information content (AvgIpc) is 1.98. The highest BCUT2D eigenvalue weighted by Crippen LogP contribution is 2.00. The van der Waals surface area contributed by atoms with E-state index in [0.717, 1.165) is 13.3 Å². The van der Waals surface area contributed by atoms with Crippen LogP contribution in [0.25, 0.3) is 0 Å². The van der Waals surface area contributed by atoms with Crippen molar-refractivity contribution in [1.29, 1.82) is 0 Å². The molecule has 1 heteroatoms. The molecule has 54 valence electrons. The molecule has 0 fully saturated rings. The van der Waals surface area contributed by atoms with Gasteiger partial charge in [-0.25, -0.2) is 0 Å². The molecule has 0 unspecified atom stereocenters. The predicted molar refractivity (Wildman–Crippen MR) is 39.4 cm³/mol. The van der Waals surface area contributed by atoms with Crippen molar-refractivity contribution in [1.82, 2.24) is 0 Å². The maximum atomic E-state index is 11.2. The molecule has 0 N–H and O–H groups in total. The molecule has 0 aromatic carbocycles. The van der Waals surface area contributed by atoms with Crippen molar-refractivity contribution in [2.75, 3.05) is 0 Å². The van der Waals surface area contributed by atoms with Crippen molar-refractivity contribution < 1.29 is 10.3 Å². The van der Waals surface area contributed by atoms with Gasteiger partial charge in [-0.15, -0.1) is 0 Å². The lowest BCUT2D eigenvalue weighted by Gasteiger charge is -1.93. The summed E-state index contributed by atoms with van der Waals surface area (Å²) in [6.07, 6.45) is -2.57. The zero-order valence-electron chi connectivity index (χ0n) is 10.0. The number of Topliss-reactive ketones (excluding diaryl/α,β-unsaturated/α-hetero) is 1. The van der Waals surface area contributed by atoms with Gasteiger partial charge in [0.15, 0.2) is 0 Å². The number of carbonyl (C=O) groups is 1. The molecule has 0 spiro atoms. The number of hydrogen-bond donors (Lipinski definition) is 0. The minimum atomic E-state index is -2.07. The maximum Gasteiger partial charge on any atom is 0.132 e. The summed E-state index contributed by atoms with van der Waals surface area (Å²) in [6.45, 7) is 3.00. The lowest BCUT2D eigenvalue weighted by Crippen LogP contribution is -1.93. The molecule has 0 atom stereocenters. The summed E-state index contributed by atoms with van der Waals surface area (Å²) in [6, 6.07) is 0. The van der Waals surface area contributed by atoms with Crippen LogP contribution in [0.4, 0.5) is 0 Å². The number of carbonyl (C=O) groups excluding carboxylic acids is 1. The number of hydrogen-bond acceptors (Lipinski definition) is 1. The first-order chi connectivity index (χ1) is 5.72. The molecule has 0 aliphatic heterocycles. The number of rotatable bonds is 5. The van der Waals surface area contributed by atoms with Crippen LogP contribution in [0, 0.1) is 0 Å². The Hall–Kier alpha value is -0.330. The molecule has 0 amide bonds. The van der Waals surface area contributed by atoms with Gasteiger partial charge in [0.05, 0.1) is 0 Å². The highest BCUT2D eigenvalue weighted by molar-refractivity contribution is 5.77. The third-order valence-electron chi connectivity index (χ3n) is 1.04. The Morgan fingerprint density at radius 1 is 1.44 bits per heavy atom. The lowest BCUT2D eigenvalue weighted by atomic mass is 10.1. The topological polar surface area (TPSA) is 17.1 Å². The Kier molecular flexibility index (Phi) is 2.41. The second-order valence-corrected chi connectivity index (χ2v) is 1.86. The molecule has 0 saturated heterocycles. The van der Waals surface area contributed by atoms with Gasteiger partial charge in [0.25, 0.3) is 0 Å². The predicted octanol–water partition coefficient (Wildman–Crippen LogP) is 2.55. The van der Waals surface area contributed by atoms with Crippen molar-refractivity contribution in [3.05, 3.63) is 0 Å². The Labute approximate surface area is 63.1 Å². The molecule has 0 aromatic rings. The smallest absolute Gasteiger partial charge is 0.132 e. The van der Waals surface area contributed by atoms with Gasteiger partial charge < -0.3 is 0 Å². The highest BCUT2D eigenvalue weighted by Gasteiger charge is 1.95. The summed E-state index contributed by atoms with van der Waals surface area (Å²) in [7, 11) is 0. The van der Waals surface area contributed by atoms with E-state index in [1.165, 1.54) is 0 Å². The summed E-state index contributed by atoms with van der Waals surface area (Å²) in [5.41, 5.74) is 0. The molecule has 9 heavy (non-hydrogen) atoms. The van der Waals surface area contributed by atoms with Gasteiger partial charge in [-0.3, -0.25) is 4.79 Å². The summed E-state index contributed by atoms with van der Waals surface area (Å²) < 4.78 is 28.9. The summed E-state index contributed by atoms with van der Waals surface area (Å²) >= 11 is 0. The van der Waals surface area contributed by atoms with E-state index in [2.05, 4.69) is 0 Å². The van der Waals surface area contributed by atoms with Crippen LogP contribution in [0.15, 0.2) is 0 Å². The van der Waals surface area contributed by atoms with E-state index in [4.69, 9.17) is 5.48 Å². The molecule has 1 nitrogen and oxygen atoms in total. The number of unbranched alkanes of at least 4 members (excludes halogenated alkanes) is 1. The lowest BCUT2D eigenvalue weighted by molar-refractivity contribution is -0.118. The van der Waals surface area contributed by atoms with Gasteiger partial charge >= 0.3 is 0 Å². The van der Waals surface area contributed by atoms with Crippen molar-refractivity contribution in [2.24, 2.45) is 0 Å². The third kappa shape index (κ3) is 5.54. The molecule has 0 aliphatic carbocycles. The minimum Gasteiger partial charge on any atom is -0.300 e. The van der Waals surface area contributed by atoms with Gasteiger partial charge in [-0.05, 0) is 6.42 Å². The molecule has 0 bridgehead atoms. The first-order valence-corrected chi connectivity index (χ1v) is 3.26. The van der Waals surface area contributed by atoms with Crippen LogP contribution in [0.3, 0.4) is 0 Å². The molecule has 0 saturated carbocycles. The van der Waals surface area contributed by atoms with Crippen LogP contribution in [0.2, 0.25) is 0 Å². The first-order valence-electron chi connectivity index (χ1n) is 5.26. The second kappa shape index (κ2) is 5.80. The van der Waals surface area contributed by atoms with Crippen LogP contribution in [0.5, 0.6) is 0 Å². The first kappa shape index (κ1) is 3.75. The molecule has 0 aliphatic rings. The average molecular weight is 132 g/mol. The molecule has 0 heterocycles. The maximum absolute atomic E-state index is 11.2. The molecular weight excluding hydrogens is 112 g/mol. The zero-order valence-corrected chi connectivity index (χ0v) is 6.03. The van der Waals surface area contributed by atoms with Crippen LogP contribution < -0.4 is 0 Å². The molecule has 0 rings (SSSR count). The Balaban J connectivity index is 4.36. The Morgan fingerprint density at radius 2 is 2.11 bits per heavy atom. The molecular formula is C8H16O. The molecule has 0 aromatic heterocycles. The normalized spacial score (nSPS) is 19.3. The van der Waals surface area contributed by atoms with Crippen LogP contribution >= 0.6 is 0 Å². The fraction of sp³-hybridized carbons (Fsp3) is 0.875. The summed E-state index contributed by atoms with van der Waals surface area (Å²) in [5, 5.41) is 0. The van der Waals surface area contributed by atoms with Crippen LogP contribution in [-0.2, 0) is 4.79 Å². The third-order valence-corrected chi connectivity index (χ3v) is 1.04. The zero-order chi connectivity index (χ0) is 10.7. The van der Waals surface area contributed by atoms with E-state index in [0.29, 0.717) is 6.42 Å². The van der Waals surface area contributed by atoms with Gasteiger partial charge in [0.2, 0.25) is 0 Å². The van der Waals surface area contributed by atoms with Crippen molar-refractivity contribution >= 4 is 5.78 Å². The standard InChI is InChI=1S/C8H16O/c1-3-5-6-7-8(9)4-2/h3-7H2,1-2H3/i4D2,7D2. The van der Waals surface area contributed by atoms with E-state index in [1.807, 2.05) is 6.92 Å². The Morgan fingerprint density at radius 3 is 2.56 bits per heavy atom. The quantitative estimate of drug-likeness (QED) is 0.562. The van der Waals surface area contributed by atoms with E-state index < -0.39 is 18.5 Å². The van der Waals surface area contributed by atoms with Crippen molar-refractivity contribution in [3.8, 4) is 0 Å². The highest BCUT2D eigenvalue weighted by atomic mass is 16.1. The van der Waals surface area contributed by atoms with Crippen molar-refractivity contribution in [3.63, 3.8) is 0 Å². The van der Waals surface area contributed by atoms with Gasteiger partial charge in [0.1, 0.15) is 5.78 Å². The fourth-order valence-electron chi connectivity index (χ4n) is 0.467. The Bertz CT molecular complexity index is 183. The monoisotopic (exact) mass is 132 g/mol. The van der Waals surface area contributed by atoms with Crippen LogP contribution in [-0.4, -0.2) is 5.78 Å². The SMILES string of the molecule is [2H]C([2H])(C)C(=O)C([2H])([2H])CCCC. The van der Waals surface area contributed by atoms with Gasteiger partial charge in [-0.2, -0.15) is 0 Å². The fourth-order valence-corrected chi connectivity index (χ4v) is 0.467. The van der Waals surface area contributed by atoms with E-state index >= 15 is 0 Å². The summed E-state index contributed by atoms with van der Waals surface area (Å²) in [4.78, 5) is 11.2. The van der Waals surface area contributed by atoms with E-state index in [1.54, 1.807) is 0 Å². The minimum absolute atomic E-state index is 0.107. The van der Waals surface area contributed by atoms with Crippen LogP contribution in [0.1, 0.15) is 51.3 Å². The van der Waals surface area contributed by atoms with E-state index in [-0.39, 0.29) is 6.42 Å². The largest absolute Gasteiger partial charge is 0.300 e. The summed E-state index contributed by atoms with van der Waals surface area (Å²) in [5.74, 6) is -0.951. The number of ketones is 1. The molecule has 0 radical (unpaired) electrons. The second-order valence-electron chi connectivity index (χ2n) is 1.86. The van der Waals surface area contributed by atoms with Gasteiger partial charge in [0, 0.05) is 18.2 Å². The van der Waals surface area contributed by atoms with E-state index in [9.17, 15) is 4.79 Å². The van der Waals surface area contributed by atoms with Gasteiger partial charge in [-0.1, -0.05) is 26.7 Å².